The van der Waals surface area contributed by atoms with Crippen LogP contribution in [0.1, 0.15) is 26.7 Å². The summed E-state index contributed by atoms with van der Waals surface area (Å²) in [5.74, 6) is 0. The Morgan fingerprint density at radius 3 is 2.50 bits per heavy atom. The second kappa shape index (κ2) is 5.99. The summed E-state index contributed by atoms with van der Waals surface area (Å²) in [4.78, 5) is 2.40. The van der Waals surface area contributed by atoms with Crippen LogP contribution in [0.4, 0.5) is 0 Å². The smallest absolute Gasteiger partial charge is 0.0564 e. The van der Waals surface area contributed by atoms with Crippen LogP contribution in [0.25, 0.3) is 0 Å². The number of aliphatic hydroxyl groups is 1. The minimum Gasteiger partial charge on any atom is -0.393 e. The number of aliphatic hydroxyl groups excluding tert-OH is 1. The molecule has 0 unspecified atom stereocenters. The predicted molar refractivity (Wildman–Crippen MR) is 60.3 cm³/mol. The summed E-state index contributed by atoms with van der Waals surface area (Å²) >= 11 is 0. The van der Waals surface area contributed by atoms with Gasteiger partial charge in [0, 0.05) is 19.6 Å². The first-order valence-corrected chi connectivity index (χ1v) is 5.44. The first-order valence-electron chi connectivity index (χ1n) is 5.44. The molecule has 1 aliphatic rings. The minimum atomic E-state index is -0.0676. The Morgan fingerprint density at radius 2 is 2.00 bits per heavy atom. The molecule has 1 heterocycles. The summed E-state index contributed by atoms with van der Waals surface area (Å²) in [5, 5.41) is 9.37. The van der Waals surface area contributed by atoms with Crippen LogP contribution < -0.4 is 0 Å². The summed E-state index contributed by atoms with van der Waals surface area (Å²) in [7, 11) is 0. The second-order valence-corrected chi connectivity index (χ2v) is 3.87. The zero-order valence-electron chi connectivity index (χ0n) is 9.24. The van der Waals surface area contributed by atoms with E-state index < -0.39 is 0 Å². The highest BCUT2D eigenvalue weighted by Gasteiger charge is 2.16. The molecule has 0 bridgehead atoms. The maximum absolute atomic E-state index is 9.37. The average molecular weight is 195 g/mol. The summed E-state index contributed by atoms with van der Waals surface area (Å²) in [6.07, 6.45) is 8.17. The largest absolute Gasteiger partial charge is 0.393 e. The van der Waals surface area contributed by atoms with Crippen LogP contribution in [-0.2, 0) is 0 Å². The first kappa shape index (κ1) is 11.5. The SMILES string of the molecule is C/C=C\C(=C/C)CN1CCC(O)CC1. The van der Waals surface area contributed by atoms with Gasteiger partial charge in [0.05, 0.1) is 6.10 Å². The molecule has 1 aliphatic heterocycles. The van der Waals surface area contributed by atoms with Crippen molar-refractivity contribution in [3.8, 4) is 0 Å². The molecule has 0 aromatic rings. The molecule has 80 valence electrons. The second-order valence-electron chi connectivity index (χ2n) is 3.87. The van der Waals surface area contributed by atoms with E-state index in [1.165, 1.54) is 5.57 Å². The van der Waals surface area contributed by atoms with Gasteiger partial charge in [0.2, 0.25) is 0 Å². The molecule has 0 radical (unpaired) electrons. The van der Waals surface area contributed by atoms with E-state index in [9.17, 15) is 5.11 Å². The molecule has 0 aromatic heterocycles. The number of allylic oxidation sites excluding steroid dienone is 2. The summed E-state index contributed by atoms with van der Waals surface area (Å²) in [5.41, 5.74) is 1.36. The number of rotatable bonds is 3. The third kappa shape index (κ3) is 3.64. The van der Waals surface area contributed by atoms with Crippen LogP contribution in [0.2, 0.25) is 0 Å². The third-order valence-corrected chi connectivity index (χ3v) is 2.71. The fraction of sp³-hybridized carbons (Fsp3) is 0.667. The van der Waals surface area contributed by atoms with Crippen molar-refractivity contribution in [3.05, 3.63) is 23.8 Å². The van der Waals surface area contributed by atoms with Crippen LogP contribution in [0.3, 0.4) is 0 Å². The number of hydrogen-bond donors (Lipinski definition) is 1. The molecule has 1 rings (SSSR count). The summed E-state index contributed by atoms with van der Waals surface area (Å²) < 4.78 is 0. The molecule has 0 aromatic carbocycles. The van der Waals surface area contributed by atoms with E-state index >= 15 is 0 Å². The van der Waals surface area contributed by atoms with Crippen molar-refractivity contribution < 1.29 is 5.11 Å². The van der Waals surface area contributed by atoms with Gasteiger partial charge in [0.25, 0.3) is 0 Å². The summed E-state index contributed by atoms with van der Waals surface area (Å²) in [6.45, 7) is 7.19. The van der Waals surface area contributed by atoms with Crippen LogP contribution in [0, 0.1) is 0 Å². The number of hydrogen-bond acceptors (Lipinski definition) is 2. The van der Waals surface area contributed by atoms with Crippen molar-refractivity contribution in [1.29, 1.82) is 0 Å². The van der Waals surface area contributed by atoms with Gasteiger partial charge in [0.15, 0.2) is 0 Å². The van der Waals surface area contributed by atoms with E-state index in [1.54, 1.807) is 0 Å². The Balaban J connectivity index is 2.36. The van der Waals surface area contributed by atoms with E-state index in [-0.39, 0.29) is 6.10 Å². The molecule has 0 atom stereocenters. The summed E-state index contributed by atoms with van der Waals surface area (Å²) in [6, 6.07) is 0. The predicted octanol–water partition coefficient (Wildman–Crippen LogP) is 1.97. The highest BCUT2D eigenvalue weighted by molar-refractivity contribution is 5.19. The Labute approximate surface area is 86.9 Å². The van der Waals surface area contributed by atoms with Gasteiger partial charge in [-0.1, -0.05) is 18.2 Å². The van der Waals surface area contributed by atoms with Gasteiger partial charge in [-0.05, 0) is 32.3 Å². The standard InChI is InChI=1S/C12H21NO/c1-3-5-11(4-2)10-13-8-6-12(14)7-9-13/h3-5,12,14H,6-10H2,1-2H3/b5-3-,11-4+. The first-order chi connectivity index (χ1) is 6.76. The molecule has 2 heteroatoms. The molecule has 1 saturated heterocycles. The normalized spacial score (nSPS) is 22.1. The lowest BCUT2D eigenvalue weighted by Gasteiger charge is -2.29. The van der Waals surface area contributed by atoms with Gasteiger partial charge in [-0.3, -0.25) is 4.90 Å². The maximum Gasteiger partial charge on any atom is 0.0564 e. The molecule has 0 amide bonds. The van der Waals surface area contributed by atoms with Crippen molar-refractivity contribution in [3.63, 3.8) is 0 Å². The Hall–Kier alpha value is -0.600. The molecule has 2 nitrogen and oxygen atoms in total. The van der Waals surface area contributed by atoms with Crippen molar-refractivity contribution in [2.75, 3.05) is 19.6 Å². The van der Waals surface area contributed by atoms with Gasteiger partial charge < -0.3 is 5.11 Å². The fourth-order valence-electron chi connectivity index (χ4n) is 1.79. The van der Waals surface area contributed by atoms with Crippen molar-refractivity contribution in [2.24, 2.45) is 0 Å². The molecule has 0 aliphatic carbocycles. The van der Waals surface area contributed by atoms with Gasteiger partial charge >= 0.3 is 0 Å². The van der Waals surface area contributed by atoms with E-state index in [2.05, 4.69) is 30.1 Å². The van der Waals surface area contributed by atoms with Crippen molar-refractivity contribution in [2.45, 2.75) is 32.8 Å². The van der Waals surface area contributed by atoms with E-state index in [4.69, 9.17) is 0 Å². The van der Waals surface area contributed by atoms with Gasteiger partial charge in [-0.25, -0.2) is 0 Å². The van der Waals surface area contributed by atoms with E-state index in [0.717, 1.165) is 32.5 Å². The number of piperidine rings is 1. The Kier molecular flexibility index (Phi) is 4.91. The highest BCUT2D eigenvalue weighted by Crippen LogP contribution is 2.12. The van der Waals surface area contributed by atoms with Crippen molar-refractivity contribution in [1.82, 2.24) is 4.90 Å². The lowest BCUT2D eigenvalue weighted by molar-refractivity contribution is 0.0872. The Bertz CT molecular complexity index is 212. The number of likely N-dealkylation sites (tertiary alicyclic amines) is 1. The molecular weight excluding hydrogens is 174 g/mol. The maximum atomic E-state index is 9.37. The van der Waals surface area contributed by atoms with Crippen LogP contribution in [0.15, 0.2) is 23.8 Å². The highest BCUT2D eigenvalue weighted by atomic mass is 16.3. The molecular formula is C12H21NO. The molecule has 14 heavy (non-hydrogen) atoms. The molecule has 1 N–H and O–H groups in total. The van der Waals surface area contributed by atoms with Gasteiger partial charge in [-0.15, -0.1) is 0 Å². The molecule has 1 fully saturated rings. The topological polar surface area (TPSA) is 23.5 Å². The lowest BCUT2D eigenvalue weighted by Crippen LogP contribution is -2.36. The quantitative estimate of drug-likeness (QED) is 0.696. The van der Waals surface area contributed by atoms with Crippen molar-refractivity contribution >= 4 is 0 Å². The third-order valence-electron chi connectivity index (χ3n) is 2.71. The molecule has 0 saturated carbocycles. The van der Waals surface area contributed by atoms with Gasteiger partial charge in [-0.2, -0.15) is 0 Å². The monoisotopic (exact) mass is 195 g/mol. The van der Waals surface area contributed by atoms with Crippen LogP contribution in [-0.4, -0.2) is 35.7 Å². The van der Waals surface area contributed by atoms with E-state index in [1.807, 2.05) is 6.92 Å². The fourth-order valence-corrected chi connectivity index (χ4v) is 1.79. The Morgan fingerprint density at radius 1 is 1.36 bits per heavy atom. The zero-order valence-corrected chi connectivity index (χ0v) is 9.24. The zero-order chi connectivity index (χ0) is 10.4. The average Bonchev–Trinajstić information content (AvgIpc) is 2.20. The number of nitrogens with zero attached hydrogens (tertiary/aromatic N) is 1. The minimum absolute atomic E-state index is 0.0676. The van der Waals surface area contributed by atoms with Crippen LogP contribution >= 0.6 is 0 Å². The lowest BCUT2D eigenvalue weighted by atomic mass is 10.1. The molecule has 0 spiro atoms. The van der Waals surface area contributed by atoms with E-state index in [0.29, 0.717) is 0 Å². The van der Waals surface area contributed by atoms with Gasteiger partial charge in [0.1, 0.15) is 0 Å². The van der Waals surface area contributed by atoms with Crippen LogP contribution in [0.5, 0.6) is 0 Å².